The van der Waals surface area contributed by atoms with Crippen LogP contribution in [-0.2, 0) is 16.3 Å². The normalized spacial score (nSPS) is 13.2. The molecule has 0 aliphatic carbocycles. The first kappa shape index (κ1) is 16.4. The summed E-state index contributed by atoms with van der Waals surface area (Å²) in [6, 6.07) is 6.27. The number of anilines is 1. The van der Waals surface area contributed by atoms with Gasteiger partial charge in [0.2, 0.25) is 5.91 Å². The first-order valence-corrected chi connectivity index (χ1v) is 9.41. The van der Waals surface area contributed by atoms with E-state index in [0.717, 1.165) is 39.8 Å². The minimum absolute atomic E-state index is 0.00346. The molecule has 4 nitrogen and oxygen atoms in total. The quantitative estimate of drug-likeness (QED) is 0.823. The number of thioether (sulfide) groups is 1. The van der Waals surface area contributed by atoms with Gasteiger partial charge in [0.15, 0.2) is 0 Å². The summed E-state index contributed by atoms with van der Waals surface area (Å²) in [6.07, 6.45) is 1.12. The van der Waals surface area contributed by atoms with E-state index in [1.807, 2.05) is 16.4 Å². The molecule has 0 unspecified atom stereocenters. The molecule has 0 spiro atoms. The number of nitrogens with one attached hydrogen (secondary N) is 1. The van der Waals surface area contributed by atoms with E-state index in [1.165, 1.54) is 5.56 Å². The van der Waals surface area contributed by atoms with E-state index in [2.05, 4.69) is 37.4 Å². The molecule has 0 saturated heterocycles. The van der Waals surface area contributed by atoms with Crippen molar-refractivity contribution >= 4 is 35.1 Å². The zero-order valence-electron chi connectivity index (χ0n) is 13.4. The minimum atomic E-state index is -0.00346. The highest BCUT2D eigenvalue weighted by Gasteiger charge is 2.25. The van der Waals surface area contributed by atoms with Gasteiger partial charge in [-0.2, -0.15) is 16.9 Å². The Balaban J connectivity index is 1.98. The van der Waals surface area contributed by atoms with E-state index >= 15 is 0 Å². The number of aryl methyl sites for hydroxylation is 2. The van der Waals surface area contributed by atoms with E-state index in [0.29, 0.717) is 18.7 Å². The number of rotatable bonds is 5. The molecule has 122 valence electrons. The first-order chi connectivity index (χ1) is 11.1. The maximum Gasteiger partial charge on any atom is 0.225 e. The Morgan fingerprint density at radius 1 is 1.39 bits per heavy atom. The maximum absolute atomic E-state index is 12.2. The summed E-state index contributed by atoms with van der Waals surface area (Å²) in [5.74, 6) is 3.11. The summed E-state index contributed by atoms with van der Waals surface area (Å²) in [5, 5.41) is 7.80. The Morgan fingerprint density at radius 3 is 2.96 bits per heavy atom. The average Bonchev–Trinajstić information content (AvgIpc) is 3.08. The summed E-state index contributed by atoms with van der Waals surface area (Å²) >= 11 is 7.51. The highest BCUT2D eigenvalue weighted by Crippen LogP contribution is 2.36. The number of alkyl halides is 1. The summed E-state index contributed by atoms with van der Waals surface area (Å²) in [7, 11) is 0. The van der Waals surface area contributed by atoms with Crippen molar-refractivity contribution in [2.24, 2.45) is 0 Å². The van der Waals surface area contributed by atoms with Crippen LogP contribution >= 0.6 is 23.4 Å². The summed E-state index contributed by atoms with van der Waals surface area (Å²) in [6.45, 7) is 4.15. The molecule has 6 heteroatoms. The molecular weight excluding hydrogens is 330 g/mol. The monoisotopic (exact) mass is 349 g/mol. The lowest BCUT2D eigenvalue weighted by Gasteiger charge is -2.13. The first-order valence-electron chi connectivity index (χ1n) is 7.72. The molecule has 1 aromatic carbocycles. The predicted molar refractivity (Wildman–Crippen MR) is 96.6 cm³/mol. The summed E-state index contributed by atoms with van der Waals surface area (Å²) < 4.78 is 1.89. The van der Waals surface area contributed by atoms with Crippen molar-refractivity contribution in [1.82, 2.24) is 9.78 Å². The van der Waals surface area contributed by atoms with Crippen molar-refractivity contribution in [2.75, 3.05) is 11.2 Å². The molecule has 2 heterocycles. The topological polar surface area (TPSA) is 46.9 Å². The molecular formula is C17H20ClN3OS. The lowest BCUT2D eigenvalue weighted by Crippen LogP contribution is -2.16. The number of carbonyl (C=O) groups excluding carboxylic acids is 1. The predicted octanol–water partition coefficient (Wildman–Crippen LogP) is 4.19. The standard InChI is InChI=1S/C17H20ClN3OS/c1-11-5-6-15(12(2)8-11)21-17(19-16(22)4-3-7-18)13-9-23-10-14(13)20-21/h5-6,8H,3-4,7,9-10H2,1-2H3,(H,19,22). The lowest BCUT2D eigenvalue weighted by molar-refractivity contribution is -0.116. The number of hydrogen-bond acceptors (Lipinski definition) is 3. The van der Waals surface area contributed by atoms with Crippen molar-refractivity contribution in [3.05, 3.63) is 40.6 Å². The largest absolute Gasteiger partial charge is 0.310 e. The molecule has 0 bridgehead atoms. The van der Waals surface area contributed by atoms with E-state index in [-0.39, 0.29) is 5.91 Å². The molecule has 1 N–H and O–H groups in total. The van der Waals surface area contributed by atoms with Gasteiger partial charge in [0.05, 0.1) is 11.4 Å². The van der Waals surface area contributed by atoms with Crippen LogP contribution in [0, 0.1) is 13.8 Å². The highest BCUT2D eigenvalue weighted by molar-refractivity contribution is 7.98. The van der Waals surface area contributed by atoms with Crippen molar-refractivity contribution in [1.29, 1.82) is 0 Å². The zero-order chi connectivity index (χ0) is 16.4. The molecule has 23 heavy (non-hydrogen) atoms. The third kappa shape index (κ3) is 3.40. The van der Waals surface area contributed by atoms with Gasteiger partial charge >= 0.3 is 0 Å². The number of amides is 1. The van der Waals surface area contributed by atoms with E-state index in [4.69, 9.17) is 16.7 Å². The van der Waals surface area contributed by atoms with Crippen LogP contribution in [0.15, 0.2) is 18.2 Å². The van der Waals surface area contributed by atoms with Gasteiger partial charge < -0.3 is 5.32 Å². The Bertz CT molecular complexity index is 742. The van der Waals surface area contributed by atoms with Crippen LogP contribution < -0.4 is 5.32 Å². The van der Waals surface area contributed by atoms with E-state index < -0.39 is 0 Å². The molecule has 1 aromatic heterocycles. The summed E-state index contributed by atoms with van der Waals surface area (Å²) in [5.41, 5.74) is 5.60. The van der Waals surface area contributed by atoms with Crippen molar-refractivity contribution in [2.45, 2.75) is 38.2 Å². The van der Waals surface area contributed by atoms with Crippen LogP contribution in [0.3, 0.4) is 0 Å². The molecule has 0 atom stereocenters. The minimum Gasteiger partial charge on any atom is -0.310 e. The number of aromatic nitrogens is 2. The lowest BCUT2D eigenvalue weighted by atomic mass is 10.1. The van der Waals surface area contributed by atoms with Crippen molar-refractivity contribution in [3.63, 3.8) is 0 Å². The summed E-state index contributed by atoms with van der Waals surface area (Å²) in [4.78, 5) is 12.2. The van der Waals surface area contributed by atoms with Crippen LogP contribution in [0.1, 0.15) is 35.2 Å². The SMILES string of the molecule is Cc1ccc(-n2nc3c(c2NC(=O)CCCCl)CSC3)c(C)c1. The average molecular weight is 350 g/mol. The van der Waals surface area contributed by atoms with Crippen molar-refractivity contribution < 1.29 is 4.79 Å². The fourth-order valence-corrected chi connectivity index (χ4v) is 3.95. The van der Waals surface area contributed by atoms with Crippen molar-refractivity contribution in [3.8, 4) is 5.69 Å². The van der Waals surface area contributed by atoms with Gasteiger partial charge in [-0.3, -0.25) is 4.79 Å². The second kappa shape index (κ2) is 6.97. The third-order valence-electron chi connectivity index (χ3n) is 3.93. The molecule has 0 saturated carbocycles. The molecule has 3 rings (SSSR count). The third-order valence-corrected chi connectivity index (χ3v) is 5.17. The molecule has 0 radical (unpaired) electrons. The number of nitrogens with zero attached hydrogens (tertiary/aromatic N) is 2. The fourth-order valence-electron chi connectivity index (χ4n) is 2.78. The van der Waals surface area contributed by atoms with Gasteiger partial charge in [-0.25, -0.2) is 4.68 Å². The Hall–Kier alpha value is -1.46. The van der Waals surface area contributed by atoms with Gasteiger partial charge in [-0.1, -0.05) is 17.7 Å². The van der Waals surface area contributed by atoms with Crippen LogP contribution in [-0.4, -0.2) is 21.6 Å². The van der Waals surface area contributed by atoms with Gasteiger partial charge in [0.1, 0.15) is 5.82 Å². The maximum atomic E-state index is 12.2. The second-order valence-electron chi connectivity index (χ2n) is 5.81. The van der Waals surface area contributed by atoms with Crippen LogP contribution in [0.2, 0.25) is 0 Å². The van der Waals surface area contributed by atoms with Crippen LogP contribution in [0.25, 0.3) is 5.69 Å². The fraction of sp³-hybridized carbons (Fsp3) is 0.412. The smallest absolute Gasteiger partial charge is 0.225 e. The van der Waals surface area contributed by atoms with Gasteiger partial charge in [-0.05, 0) is 31.9 Å². The highest BCUT2D eigenvalue weighted by atomic mass is 35.5. The van der Waals surface area contributed by atoms with Gasteiger partial charge in [-0.15, -0.1) is 11.6 Å². The second-order valence-corrected chi connectivity index (χ2v) is 7.17. The Kier molecular flexibility index (Phi) is 4.97. The number of benzene rings is 1. The number of carbonyl (C=O) groups is 1. The van der Waals surface area contributed by atoms with E-state index in [9.17, 15) is 4.79 Å². The van der Waals surface area contributed by atoms with Crippen LogP contribution in [0.4, 0.5) is 5.82 Å². The van der Waals surface area contributed by atoms with Gasteiger partial charge in [0, 0.05) is 29.4 Å². The molecule has 0 fully saturated rings. The van der Waals surface area contributed by atoms with Gasteiger partial charge in [0.25, 0.3) is 0 Å². The number of halogens is 1. The number of hydrogen-bond donors (Lipinski definition) is 1. The Morgan fingerprint density at radius 2 is 2.22 bits per heavy atom. The van der Waals surface area contributed by atoms with Crippen LogP contribution in [0.5, 0.6) is 0 Å². The Labute approximate surface area is 145 Å². The zero-order valence-corrected chi connectivity index (χ0v) is 14.9. The molecule has 1 aliphatic heterocycles. The number of fused-ring (bicyclic) bond motifs is 1. The van der Waals surface area contributed by atoms with E-state index in [1.54, 1.807) is 0 Å². The molecule has 1 amide bonds. The molecule has 2 aromatic rings. The molecule has 1 aliphatic rings.